The van der Waals surface area contributed by atoms with Crippen molar-refractivity contribution in [3.05, 3.63) is 66.0 Å². The first-order valence-electron chi connectivity index (χ1n) is 9.53. The van der Waals surface area contributed by atoms with Gasteiger partial charge in [-0.15, -0.1) is 0 Å². The molecule has 29 heavy (non-hydrogen) atoms. The summed E-state index contributed by atoms with van der Waals surface area (Å²) < 4.78 is 28.0. The van der Waals surface area contributed by atoms with Crippen molar-refractivity contribution in [3.63, 3.8) is 0 Å². The number of sulfonamides is 1. The summed E-state index contributed by atoms with van der Waals surface area (Å²) >= 11 is 0. The van der Waals surface area contributed by atoms with Crippen LogP contribution in [0.5, 0.6) is 0 Å². The monoisotopic (exact) mass is 411 g/mol. The smallest absolute Gasteiger partial charge is 0.244 e. The molecular weight excluding hydrogens is 386 g/mol. The first-order chi connectivity index (χ1) is 13.8. The molecule has 0 aliphatic carbocycles. The number of carbonyl (C=O) groups is 1. The van der Waals surface area contributed by atoms with Crippen LogP contribution >= 0.6 is 0 Å². The minimum absolute atomic E-state index is 0.186. The molecule has 0 aliphatic heterocycles. The van der Waals surface area contributed by atoms with Crippen LogP contribution in [-0.4, -0.2) is 36.7 Å². The van der Waals surface area contributed by atoms with E-state index < -0.39 is 10.0 Å². The number of aryl methyl sites for hydroxylation is 1. The van der Waals surface area contributed by atoms with Crippen LogP contribution in [-0.2, 0) is 14.8 Å². The molecule has 0 aliphatic rings. The summed E-state index contributed by atoms with van der Waals surface area (Å²) in [4.78, 5) is 16.9. The molecule has 6 nitrogen and oxygen atoms in total. The number of nitrogens with one attached hydrogen (secondary N) is 1. The van der Waals surface area contributed by atoms with Gasteiger partial charge in [-0.05, 0) is 49.6 Å². The van der Waals surface area contributed by atoms with Gasteiger partial charge in [-0.1, -0.05) is 31.2 Å². The molecule has 0 fully saturated rings. The summed E-state index contributed by atoms with van der Waals surface area (Å²) in [5.41, 5.74) is 2.72. The lowest BCUT2D eigenvalue weighted by Gasteiger charge is -2.22. The summed E-state index contributed by atoms with van der Waals surface area (Å²) in [5, 5.41) is 4.18. The second-order valence-electron chi connectivity index (χ2n) is 6.99. The third kappa shape index (κ3) is 4.46. The molecular formula is C22H25N3O3S. The van der Waals surface area contributed by atoms with Crippen LogP contribution in [0.1, 0.15) is 24.5 Å². The summed E-state index contributed by atoms with van der Waals surface area (Å²) in [5.74, 6) is -0.363. The number of hydrogen-bond acceptors (Lipinski definition) is 4. The number of benzene rings is 2. The first kappa shape index (κ1) is 21.0. The normalized spacial score (nSPS) is 11.7. The standard InChI is InChI=1S/C22H25N3O3S/c1-4-13-25(15-22(26)24-20-9-5-7-16(2)17(20)3)29(27,28)21-10-6-8-18-14-23-12-11-19(18)21/h5-12,14H,4,13,15H2,1-3H3,(H,24,26). The Labute approximate surface area is 171 Å². The molecule has 0 saturated carbocycles. The number of fused-ring (bicyclic) bond motifs is 1. The van der Waals surface area contributed by atoms with Gasteiger partial charge in [0, 0.05) is 35.4 Å². The topological polar surface area (TPSA) is 79.4 Å². The van der Waals surface area contributed by atoms with Crippen molar-refractivity contribution in [2.75, 3.05) is 18.4 Å². The highest BCUT2D eigenvalue weighted by molar-refractivity contribution is 7.89. The molecule has 0 saturated heterocycles. The Morgan fingerprint density at radius 1 is 1.10 bits per heavy atom. The molecule has 152 valence electrons. The Balaban J connectivity index is 1.90. The molecule has 1 N–H and O–H groups in total. The summed E-state index contributed by atoms with van der Waals surface area (Å²) in [6.45, 7) is 5.79. The van der Waals surface area contributed by atoms with Gasteiger partial charge in [0.1, 0.15) is 0 Å². The SMILES string of the molecule is CCCN(CC(=O)Nc1cccc(C)c1C)S(=O)(=O)c1cccc2cnccc12. The van der Waals surface area contributed by atoms with E-state index in [1.807, 2.05) is 45.0 Å². The van der Waals surface area contributed by atoms with Crippen molar-refractivity contribution in [1.82, 2.24) is 9.29 Å². The average Bonchev–Trinajstić information content (AvgIpc) is 2.70. The van der Waals surface area contributed by atoms with E-state index in [1.54, 1.807) is 30.6 Å². The van der Waals surface area contributed by atoms with Crippen molar-refractivity contribution in [1.29, 1.82) is 0 Å². The zero-order valence-electron chi connectivity index (χ0n) is 16.8. The molecule has 3 aromatic rings. The molecule has 1 amide bonds. The van der Waals surface area contributed by atoms with Crippen LogP contribution in [0.3, 0.4) is 0 Å². The van der Waals surface area contributed by atoms with Gasteiger partial charge in [-0.2, -0.15) is 4.31 Å². The van der Waals surface area contributed by atoms with Gasteiger partial charge in [0.15, 0.2) is 0 Å². The van der Waals surface area contributed by atoms with Gasteiger partial charge >= 0.3 is 0 Å². The quantitative estimate of drug-likeness (QED) is 0.640. The summed E-state index contributed by atoms with van der Waals surface area (Å²) in [7, 11) is -3.85. The maximum atomic E-state index is 13.4. The van der Waals surface area contributed by atoms with E-state index in [0.717, 1.165) is 16.5 Å². The minimum atomic E-state index is -3.85. The summed E-state index contributed by atoms with van der Waals surface area (Å²) in [6.07, 6.45) is 3.80. The molecule has 0 unspecified atom stereocenters. The number of pyridine rings is 1. The zero-order valence-corrected chi connectivity index (χ0v) is 17.7. The predicted molar refractivity (Wildman–Crippen MR) is 115 cm³/mol. The molecule has 1 aromatic heterocycles. The maximum absolute atomic E-state index is 13.4. The fraction of sp³-hybridized carbons (Fsp3) is 0.273. The molecule has 2 aromatic carbocycles. The van der Waals surface area contributed by atoms with Gasteiger partial charge in [0.2, 0.25) is 15.9 Å². The van der Waals surface area contributed by atoms with Crippen LogP contribution in [0.15, 0.2) is 59.8 Å². The maximum Gasteiger partial charge on any atom is 0.244 e. The van der Waals surface area contributed by atoms with Gasteiger partial charge in [0.05, 0.1) is 11.4 Å². The van der Waals surface area contributed by atoms with Crippen molar-refractivity contribution < 1.29 is 13.2 Å². The average molecular weight is 412 g/mol. The molecule has 1 heterocycles. The van der Waals surface area contributed by atoms with Crippen molar-refractivity contribution >= 4 is 32.4 Å². The number of hydrogen-bond donors (Lipinski definition) is 1. The zero-order chi connectivity index (χ0) is 21.0. The van der Waals surface area contributed by atoms with E-state index in [2.05, 4.69) is 10.3 Å². The lowest BCUT2D eigenvalue weighted by Crippen LogP contribution is -2.38. The third-order valence-electron chi connectivity index (χ3n) is 4.93. The Morgan fingerprint density at radius 2 is 1.86 bits per heavy atom. The predicted octanol–water partition coefficient (Wildman–Crippen LogP) is 3.89. The Bertz CT molecular complexity index is 1140. The second kappa shape index (κ2) is 8.71. The van der Waals surface area contributed by atoms with E-state index in [4.69, 9.17) is 0 Å². The molecule has 0 atom stereocenters. The van der Waals surface area contributed by atoms with E-state index in [9.17, 15) is 13.2 Å². The highest BCUT2D eigenvalue weighted by Gasteiger charge is 2.27. The number of anilines is 1. The lowest BCUT2D eigenvalue weighted by atomic mass is 10.1. The van der Waals surface area contributed by atoms with Gasteiger partial charge in [-0.3, -0.25) is 9.78 Å². The summed E-state index contributed by atoms with van der Waals surface area (Å²) in [6, 6.07) is 12.4. The molecule has 7 heteroatoms. The number of aromatic nitrogens is 1. The van der Waals surface area contributed by atoms with E-state index in [-0.39, 0.29) is 23.9 Å². The first-order valence-corrected chi connectivity index (χ1v) is 11.0. The highest BCUT2D eigenvalue weighted by atomic mass is 32.2. The number of nitrogens with zero attached hydrogens (tertiary/aromatic N) is 2. The molecule has 3 rings (SSSR count). The van der Waals surface area contributed by atoms with Crippen LogP contribution in [0.25, 0.3) is 10.8 Å². The largest absolute Gasteiger partial charge is 0.325 e. The Hall–Kier alpha value is -2.77. The molecule has 0 bridgehead atoms. The minimum Gasteiger partial charge on any atom is -0.325 e. The van der Waals surface area contributed by atoms with Gasteiger partial charge < -0.3 is 5.32 Å². The number of rotatable bonds is 7. The van der Waals surface area contributed by atoms with Crippen molar-refractivity contribution in [2.45, 2.75) is 32.1 Å². The van der Waals surface area contributed by atoms with Crippen LogP contribution in [0.2, 0.25) is 0 Å². The number of carbonyl (C=O) groups excluding carboxylic acids is 1. The van der Waals surface area contributed by atoms with E-state index in [0.29, 0.717) is 17.5 Å². The fourth-order valence-electron chi connectivity index (χ4n) is 3.23. The highest BCUT2D eigenvalue weighted by Crippen LogP contribution is 2.25. The van der Waals surface area contributed by atoms with Gasteiger partial charge in [0.25, 0.3) is 0 Å². The van der Waals surface area contributed by atoms with Crippen molar-refractivity contribution in [3.8, 4) is 0 Å². The molecule has 0 radical (unpaired) electrons. The molecule has 0 spiro atoms. The van der Waals surface area contributed by atoms with E-state index in [1.165, 1.54) is 4.31 Å². The van der Waals surface area contributed by atoms with Crippen LogP contribution < -0.4 is 5.32 Å². The Kier molecular flexibility index (Phi) is 6.30. The van der Waals surface area contributed by atoms with Crippen LogP contribution in [0.4, 0.5) is 5.69 Å². The second-order valence-corrected chi connectivity index (χ2v) is 8.89. The van der Waals surface area contributed by atoms with Gasteiger partial charge in [-0.25, -0.2) is 8.42 Å². The van der Waals surface area contributed by atoms with E-state index >= 15 is 0 Å². The van der Waals surface area contributed by atoms with Crippen LogP contribution in [0, 0.1) is 13.8 Å². The Morgan fingerprint density at radius 3 is 2.62 bits per heavy atom. The van der Waals surface area contributed by atoms with Crippen molar-refractivity contribution in [2.24, 2.45) is 0 Å². The fourth-order valence-corrected chi connectivity index (χ4v) is 4.93. The lowest BCUT2D eigenvalue weighted by molar-refractivity contribution is -0.116. The number of amides is 1. The third-order valence-corrected chi connectivity index (χ3v) is 6.83.